The van der Waals surface area contributed by atoms with Gasteiger partial charge in [-0.2, -0.15) is 0 Å². The Morgan fingerprint density at radius 2 is 2.00 bits per heavy atom. The molecule has 4 heteroatoms. The Morgan fingerprint density at radius 3 is 2.60 bits per heavy atom. The van der Waals surface area contributed by atoms with E-state index in [1.807, 2.05) is 12.4 Å². The van der Waals surface area contributed by atoms with E-state index in [1.165, 1.54) is 6.42 Å². The summed E-state index contributed by atoms with van der Waals surface area (Å²) < 4.78 is 0. The summed E-state index contributed by atoms with van der Waals surface area (Å²) in [6, 6.07) is 1.01. The van der Waals surface area contributed by atoms with E-state index in [-0.39, 0.29) is 0 Å². The standard InChI is InChI=1S/C16H28N4/c1-11(2)17-7-15-8-19-16(9-18-15)20-10-12(3)6-13(4)14(20)5/h8-9,11-14,17H,6-7,10H2,1-5H3. The van der Waals surface area contributed by atoms with Crippen molar-refractivity contribution in [3.8, 4) is 0 Å². The number of rotatable bonds is 4. The Bertz CT molecular complexity index is 415. The van der Waals surface area contributed by atoms with Crippen molar-refractivity contribution in [3.05, 3.63) is 18.1 Å². The van der Waals surface area contributed by atoms with Crippen molar-refractivity contribution in [2.75, 3.05) is 11.4 Å². The number of nitrogens with zero attached hydrogens (tertiary/aromatic N) is 3. The van der Waals surface area contributed by atoms with Gasteiger partial charge in [0.25, 0.3) is 0 Å². The number of hydrogen-bond donors (Lipinski definition) is 1. The molecular weight excluding hydrogens is 248 g/mol. The lowest BCUT2D eigenvalue weighted by molar-refractivity contribution is 0.295. The van der Waals surface area contributed by atoms with E-state index in [2.05, 4.69) is 54.8 Å². The van der Waals surface area contributed by atoms with E-state index >= 15 is 0 Å². The van der Waals surface area contributed by atoms with Crippen molar-refractivity contribution in [2.45, 2.75) is 59.7 Å². The molecule has 112 valence electrons. The maximum Gasteiger partial charge on any atom is 0.147 e. The summed E-state index contributed by atoms with van der Waals surface area (Å²) in [4.78, 5) is 11.6. The lowest BCUT2D eigenvalue weighted by Crippen LogP contribution is -2.46. The van der Waals surface area contributed by atoms with Gasteiger partial charge in [0.1, 0.15) is 5.82 Å². The lowest BCUT2D eigenvalue weighted by atomic mass is 9.86. The maximum atomic E-state index is 4.62. The molecule has 1 aromatic heterocycles. The molecule has 0 spiro atoms. The van der Waals surface area contributed by atoms with Crippen LogP contribution in [0.15, 0.2) is 12.4 Å². The van der Waals surface area contributed by atoms with Crippen LogP contribution in [0.3, 0.4) is 0 Å². The van der Waals surface area contributed by atoms with Gasteiger partial charge < -0.3 is 10.2 Å². The molecule has 1 saturated heterocycles. The molecule has 0 bridgehead atoms. The Hall–Kier alpha value is -1.16. The molecule has 0 aromatic carbocycles. The predicted molar refractivity (Wildman–Crippen MR) is 83.8 cm³/mol. The first kappa shape index (κ1) is 15.2. The van der Waals surface area contributed by atoms with Gasteiger partial charge in [0, 0.05) is 25.2 Å². The lowest BCUT2D eigenvalue weighted by Gasteiger charge is -2.41. The van der Waals surface area contributed by atoms with Gasteiger partial charge in [-0.05, 0) is 25.2 Å². The molecule has 2 heterocycles. The molecule has 3 atom stereocenters. The highest BCUT2D eigenvalue weighted by atomic mass is 15.2. The van der Waals surface area contributed by atoms with Crippen molar-refractivity contribution < 1.29 is 0 Å². The van der Waals surface area contributed by atoms with Crippen LogP contribution in [-0.4, -0.2) is 28.6 Å². The van der Waals surface area contributed by atoms with E-state index in [9.17, 15) is 0 Å². The van der Waals surface area contributed by atoms with Crippen molar-refractivity contribution in [1.82, 2.24) is 15.3 Å². The van der Waals surface area contributed by atoms with Crippen LogP contribution in [0.2, 0.25) is 0 Å². The van der Waals surface area contributed by atoms with E-state index in [4.69, 9.17) is 0 Å². The van der Waals surface area contributed by atoms with Gasteiger partial charge in [-0.3, -0.25) is 4.98 Å². The van der Waals surface area contributed by atoms with Gasteiger partial charge in [-0.25, -0.2) is 4.98 Å². The van der Waals surface area contributed by atoms with Crippen LogP contribution in [0.1, 0.15) is 46.7 Å². The number of anilines is 1. The fraction of sp³-hybridized carbons (Fsp3) is 0.750. The molecule has 1 N–H and O–H groups in total. The molecular formula is C16H28N4. The Kier molecular flexibility index (Phi) is 4.97. The highest BCUT2D eigenvalue weighted by molar-refractivity contribution is 5.38. The van der Waals surface area contributed by atoms with E-state index in [1.54, 1.807) is 0 Å². The first-order valence-corrected chi connectivity index (χ1v) is 7.78. The molecule has 0 aliphatic carbocycles. The van der Waals surface area contributed by atoms with Crippen molar-refractivity contribution >= 4 is 5.82 Å². The topological polar surface area (TPSA) is 41.1 Å². The highest BCUT2D eigenvalue weighted by Crippen LogP contribution is 2.29. The SMILES string of the molecule is CC1CC(C)C(C)N(c2cnc(CNC(C)C)cn2)C1. The molecule has 1 aliphatic heterocycles. The van der Waals surface area contributed by atoms with Gasteiger partial charge in [-0.1, -0.05) is 27.7 Å². The summed E-state index contributed by atoms with van der Waals surface area (Å²) in [6.45, 7) is 13.1. The molecule has 1 fully saturated rings. The summed E-state index contributed by atoms with van der Waals surface area (Å²) >= 11 is 0. The van der Waals surface area contributed by atoms with Gasteiger partial charge >= 0.3 is 0 Å². The molecule has 4 nitrogen and oxygen atoms in total. The average molecular weight is 276 g/mol. The number of hydrogen-bond acceptors (Lipinski definition) is 4. The fourth-order valence-corrected chi connectivity index (χ4v) is 2.91. The van der Waals surface area contributed by atoms with Gasteiger partial charge in [-0.15, -0.1) is 0 Å². The molecule has 3 unspecified atom stereocenters. The number of aromatic nitrogens is 2. The maximum absolute atomic E-state index is 4.62. The minimum absolute atomic E-state index is 0.472. The second-order valence-corrected chi connectivity index (χ2v) is 6.61. The minimum Gasteiger partial charge on any atom is -0.352 e. The summed E-state index contributed by atoms with van der Waals surface area (Å²) in [7, 11) is 0. The fourth-order valence-electron chi connectivity index (χ4n) is 2.91. The molecule has 1 aliphatic rings. The Balaban J connectivity index is 2.05. The zero-order valence-electron chi connectivity index (χ0n) is 13.4. The van der Waals surface area contributed by atoms with Crippen LogP contribution in [0.4, 0.5) is 5.82 Å². The van der Waals surface area contributed by atoms with Gasteiger partial charge in [0.15, 0.2) is 0 Å². The van der Waals surface area contributed by atoms with Crippen molar-refractivity contribution in [1.29, 1.82) is 0 Å². The number of piperidine rings is 1. The summed E-state index contributed by atoms with van der Waals surface area (Å²) in [5.74, 6) is 2.46. The van der Waals surface area contributed by atoms with E-state index in [0.717, 1.165) is 30.5 Å². The molecule has 1 aromatic rings. The second kappa shape index (κ2) is 6.53. The molecule has 20 heavy (non-hydrogen) atoms. The largest absolute Gasteiger partial charge is 0.352 e. The monoisotopic (exact) mass is 276 g/mol. The van der Waals surface area contributed by atoms with Crippen LogP contribution in [0.25, 0.3) is 0 Å². The van der Waals surface area contributed by atoms with Crippen LogP contribution >= 0.6 is 0 Å². The summed E-state index contributed by atoms with van der Waals surface area (Å²) in [6.07, 6.45) is 5.14. The predicted octanol–water partition coefficient (Wildman–Crippen LogP) is 2.85. The van der Waals surface area contributed by atoms with Gasteiger partial charge in [0.05, 0.1) is 18.1 Å². The van der Waals surface area contributed by atoms with E-state index < -0.39 is 0 Å². The molecule has 2 rings (SSSR count). The quantitative estimate of drug-likeness (QED) is 0.918. The first-order chi connectivity index (χ1) is 9.47. The van der Waals surface area contributed by atoms with Crippen molar-refractivity contribution in [3.63, 3.8) is 0 Å². The zero-order valence-corrected chi connectivity index (χ0v) is 13.4. The zero-order chi connectivity index (χ0) is 14.7. The summed E-state index contributed by atoms with van der Waals surface area (Å²) in [5.41, 5.74) is 1.01. The Labute approximate surface area is 123 Å². The third-order valence-electron chi connectivity index (χ3n) is 4.28. The third-order valence-corrected chi connectivity index (χ3v) is 4.28. The van der Waals surface area contributed by atoms with Crippen molar-refractivity contribution in [2.24, 2.45) is 11.8 Å². The second-order valence-electron chi connectivity index (χ2n) is 6.61. The van der Waals surface area contributed by atoms with Crippen LogP contribution in [-0.2, 0) is 6.54 Å². The smallest absolute Gasteiger partial charge is 0.147 e. The van der Waals surface area contributed by atoms with Crippen LogP contribution in [0, 0.1) is 11.8 Å². The van der Waals surface area contributed by atoms with Crippen LogP contribution < -0.4 is 10.2 Å². The minimum atomic E-state index is 0.472. The van der Waals surface area contributed by atoms with Crippen LogP contribution in [0.5, 0.6) is 0 Å². The average Bonchev–Trinajstić information content (AvgIpc) is 2.41. The van der Waals surface area contributed by atoms with E-state index in [0.29, 0.717) is 18.0 Å². The third kappa shape index (κ3) is 3.69. The number of nitrogens with one attached hydrogen (secondary N) is 1. The molecule has 0 amide bonds. The molecule has 0 radical (unpaired) electrons. The summed E-state index contributed by atoms with van der Waals surface area (Å²) in [5, 5.41) is 3.37. The highest BCUT2D eigenvalue weighted by Gasteiger charge is 2.29. The normalized spacial score (nSPS) is 27.1. The van der Waals surface area contributed by atoms with Gasteiger partial charge in [0.2, 0.25) is 0 Å². The first-order valence-electron chi connectivity index (χ1n) is 7.78. The Morgan fingerprint density at radius 1 is 1.25 bits per heavy atom. The molecule has 0 saturated carbocycles.